The molecule has 2 saturated heterocycles. The molecule has 10 nitrogen and oxygen atoms in total. The van der Waals surface area contributed by atoms with Crippen molar-refractivity contribution in [3.63, 3.8) is 0 Å². The highest BCUT2D eigenvalue weighted by Gasteiger charge is 2.50. The smallest absolute Gasteiger partial charge is 0.166 e. The van der Waals surface area contributed by atoms with Gasteiger partial charge in [0.25, 0.3) is 0 Å². The van der Waals surface area contributed by atoms with Crippen LogP contribution in [0.4, 0.5) is 0 Å². The van der Waals surface area contributed by atoms with Gasteiger partial charge < -0.3 is 43.4 Å². The van der Waals surface area contributed by atoms with Gasteiger partial charge in [-0.25, -0.2) is 0 Å². The molecule has 0 bridgehead atoms. The molecule has 10 heteroatoms. The number of carbonyl (C=O) groups is 1. The van der Waals surface area contributed by atoms with Gasteiger partial charge in [0.2, 0.25) is 0 Å². The topological polar surface area (TPSA) is 122 Å². The molecule has 8 atom stereocenters. The predicted molar refractivity (Wildman–Crippen MR) is 196 cm³/mol. The minimum absolute atomic E-state index is 0.0396. The third-order valence-corrected chi connectivity index (χ3v) is 9.45. The van der Waals surface area contributed by atoms with Crippen molar-refractivity contribution >= 4 is 5.78 Å². The number of benzene rings is 4. The second-order valence-corrected chi connectivity index (χ2v) is 14.0. The van der Waals surface area contributed by atoms with Gasteiger partial charge >= 0.3 is 0 Å². The minimum Gasteiger partial charge on any atom is -0.387 e. The molecule has 0 spiro atoms. The molecule has 4 aromatic rings. The van der Waals surface area contributed by atoms with Crippen LogP contribution in [0.25, 0.3) is 0 Å². The monoisotopic (exact) mass is 726 g/mol. The molecule has 2 aliphatic heterocycles. The fraction of sp³-hybridized carbons (Fsp3) is 0.419. The molecule has 2 aliphatic rings. The number of ketones is 1. The summed E-state index contributed by atoms with van der Waals surface area (Å²) in [5.41, 5.74) is 3.84. The van der Waals surface area contributed by atoms with Gasteiger partial charge in [-0.3, -0.25) is 4.79 Å². The van der Waals surface area contributed by atoms with Gasteiger partial charge in [-0.2, -0.15) is 0 Å². The van der Waals surface area contributed by atoms with E-state index in [0.29, 0.717) is 6.61 Å². The molecule has 0 saturated carbocycles. The summed E-state index contributed by atoms with van der Waals surface area (Å²) >= 11 is 0. The summed E-state index contributed by atoms with van der Waals surface area (Å²) in [5.74, 6) is -1.57. The maximum Gasteiger partial charge on any atom is 0.166 e. The van der Waals surface area contributed by atoms with Crippen LogP contribution in [0.15, 0.2) is 121 Å². The first-order chi connectivity index (χ1) is 25.8. The van der Waals surface area contributed by atoms with E-state index < -0.39 is 60.4 Å². The summed E-state index contributed by atoms with van der Waals surface area (Å²) in [4.78, 5) is 13.8. The molecule has 2 fully saturated rings. The van der Waals surface area contributed by atoms with Gasteiger partial charge in [0.05, 0.1) is 45.7 Å². The maximum atomic E-state index is 13.8. The Balaban J connectivity index is 1.30. The summed E-state index contributed by atoms with van der Waals surface area (Å²) in [6, 6.07) is 39.2. The van der Waals surface area contributed by atoms with Crippen LogP contribution >= 0.6 is 0 Å². The van der Waals surface area contributed by atoms with Crippen molar-refractivity contribution in [3.05, 3.63) is 144 Å². The molecule has 0 amide bonds. The minimum atomic E-state index is -1.75. The van der Waals surface area contributed by atoms with Crippen molar-refractivity contribution in [1.82, 2.24) is 0 Å². The molecule has 4 aromatic carbocycles. The highest BCUT2D eigenvalue weighted by molar-refractivity contribution is 5.84. The SMILES string of the molecule is CC1(C)OC[C@H]([C@@H](O)[C@H](O)C(=O)C[C@H]2O[C@H](COCc3ccccc3)[C@@H](OCc3ccccc3)[C@H](OCc3ccccc3)[C@H]2OCc2ccccc2)O1. The van der Waals surface area contributed by atoms with E-state index in [0.717, 1.165) is 22.3 Å². The van der Waals surface area contributed by atoms with E-state index in [-0.39, 0.29) is 39.5 Å². The van der Waals surface area contributed by atoms with Crippen molar-refractivity contribution in [3.8, 4) is 0 Å². The number of hydrogen-bond donors (Lipinski definition) is 2. The van der Waals surface area contributed by atoms with Crippen molar-refractivity contribution in [2.24, 2.45) is 0 Å². The average Bonchev–Trinajstić information content (AvgIpc) is 3.56. The van der Waals surface area contributed by atoms with Gasteiger partial charge in [0.15, 0.2) is 11.6 Å². The third kappa shape index (κ3) is 11.1. The van der Waals surface area contributed by atoms with Gasteiger partial charge in [-0.05, 0) is 36.1 Å². The lowest BCUT2D eigenvalue weighted by atomic mass is 9.89. The van der Waals surface area contributed by atoms with E-state index in [9.17, 15) is 15.0 Å². The molecular formula is C43H50O10. The number of aliphatic hydroxyl groups excluding tert-OH is 2. The Morgan fingerprint density at radius 3 is 1.55 bits per heavy atom. The van der Waals surface area contributed by atoms with E-state index in [1.54, 1.807) is 13.8 Å². The molecule has 0 aliphatic carbocycles. The second-order valence-electron chi connectivity index (χ2n) is 14.0. The van der Waals surface area contributed by atoms with Crippen LogP contribution in [0, 0.1) is 0 Å². The lowest BCUT2D eigenvalue weighted by Crippen LogP contribution is -2.62. The van der Waals surface area contributed by atoms with Gasteiger partial charge in [0.1, 0.15) is 42.7 Å². The number of Topliss-reactive ketones (excluding diaryl/α,β-unsaturated/α-hetero) is 1. The zero-order chi connectivity index (χ0) is 37.0. The Morgan fingerprint density at radius 1 is 0.660 bits per heavy atom. The number of carbonyl (C=O) groups excluding carboxylic acids is 1. The zero-order valence-electron chi connectivity index (χ0n) is 30.3. The Labute approximate surface area is 311 Å². The summed E-state index contributed by atoms with van der Waals surface area (Å²) in [6.45, 7) is 4.66. The highest BCUT2D eigenvalue weighted by atomic mass is 16.7. The lowest BCUT2D eigenvalue weighted by Gasteiger charge is -2.46. The Bertz CT molecular complexity index is 1660. The van der Waals surface area contributed by atoms with Crippen LogP contribution in [-0.4, -0.2) is 83.8 Å². The number of ether oxygens (including phenoxy) is 7. The van der Waals surface area contributed by atoms with E-state index in [2.05, 4.69) is 0 Å². The molecule has 2 N–H and O–H groups in total. The van der Waals surface area contributed by atoms with Crippen LogP contribution < -0.4 is 0 Å². The molecule has 53 heavy (non-hydrogen) atoms. The largest absolute Gasteiger partial charge is 0.387 e. The first-order valence-electron chi connectivity index (χ1n) is 18.2. The zero-order valence-corrected chi connectivity index (χ0v) is 30.3. The quantitative estimate of drug-likeness (QED) is 0.135. The third-order valence-electron chi connectivity index (χ3n) is 9.45. The average molecular weight is 727 g/mol. The highest BCUT2D eigenvalue weighted by Crippen LogP contribution is 2.33. The van der Waals surface area contributed by atoms with Crippen LogP contribution in [0.2, 0.25) is 0 Å². The number of hydrogen-bond acceptors (Lipinski definition) is 10. The molecular weight excluding hydrogens is 676 g/mol. The first-order valence-corrected chi connectivity index (χ1v) is 18.2. The van der Waals surface area contributed by atoms with Gasteiger partial charge in [-0.1, -0.05) is 121 Å². The summed E-state index contributed by atoms with van der Waals surface area (Å²) in [5, 5.41) is 22.2. The number of aliphatic hydroxyl groups is 2. The fourth-order valence-electron chi connectivity index (χ4n) is 6.65. The standard InChI is InChI=1S/C43H50O10/c1-43(2)51-29-36(53-43)39(46)38(45)34(44)23-35-40(48-25-31-17-9-4-10-18-31)42(50-27-33-21-13-6-14-22-33)41(49-26-32-19-11-5-12-20-32)37(52-35)28-47-24-30-15-7-3-8-16-30/h3-22,35-42,45-46H,23-29H2,1-2H3/t35-,36-,37-,38-,39-,40+,41-,42-/m1/s1. The number of rotatable bonds is 18. The van der Waals surface area contributed by atoms with Crippen molar-refractivity contribution in [1.29, 1.82) is 0 Å². The van der Waals surface area contributed by atoms with Crippen LogP contribution in [0.5, 0.6) is 0 Å². The van der Waals surface area contributed by atoms with Gasteiger partial charge in [-0.15, -0.1) is 0 Å². The van der Waals surface area contributed by atoms with E-state index in [4.69, 9.17) is 33.2 Å². The van der Waals surface area contributed by atoms with Crippen LogP contribution in [0.1, 0.15) is 42.5 Å². The van der Waals surface area contributed by atoms with E-state index >= 15 is 0 Å². The Kier molecular flexibility index (Phi) is 13.9. The molecule has 282 valence electrons. The Hall–Kier alpha value is -3.81. The summed E-state index contributed by atoms with van der Waals surface area (Å²) < 4.78 is 44.4. The van der Waals surface area contributed by atoms with Crippen LogP contribution in [-0.2, 0) is 64.4 Å². The first kappa shape index (κ1) is 38.9. The maximum absolute atomic E-state index is 13.8. The summed E-state index contributed by atoms with van der Waals surface area (Å²) in [7, 11) is 0. The van der Waals surface area contributed by atoms with Gasteiger partial charge in [0, 0.05) is 6.42 Å². The normalized spacial score (nSPS) is 25.1. The lowest BCUT2D eigenvalue weighted by molar-refractivity contribution is -0.273. The molecule has 6 rings (SSSR count). The summed E-state index contributed by atoms with van der Waals surface area (Å²) in [6.07, 6.45) is -8.22. The van der Waals surface area contributed by atoms with Crippen molar-refractivity contribution in [2.45, 2.75) is 101 Å². The second kappa shape index (κ2) is 19.0. The fourth-order valence-corrected chi connectivity index (χ4v) is 6.65. The van der Waals surface area contributed by atoms with Crippen LogP contribution in [0.3, 0.4) is 0 Å². The van der Waals surface area contributed by atoms with Crippen molar-refractivity contribution in [2.75, 3.05) is 13.2 Å². The predicted octanol–water partition coefficient (Wildman–Crippen LogP) is 5.56. The van der Waals surface area contributed by atoms with E-state index in [1.165, 1.54) is 0 Å². The Morgan fingerprint density at radius 2 is 1.09 bits per heavy atom. The molecule has 2 heterocycles. The molecule has 0 unspecified atom stereocenters. The molecule has 0 radical (unpaired) electrons. The van der Waals surface area contributed by atoms with Crippen molar-refractivity contribution < 1.29 is 48.2 Å². The van der Waals surface area contributed by atoms with E-state index in [1.807, 2.05) is 121 Å². The molecule has 0 aromatic heterocycles.